The van der Waals surface area contributed by atoms with E-state index in [2.05, 4.69) is 15.9 Å². The van der Waals surface area contributed by atoms with Gasteiger partial charge in [-0.2, -0.15) is 0 Å². The monoisotopic (exact) mass is 311 g/mol. The molecule has 1 heterocycles. The summed E-state index contributed by atoms with van der Waals surface area (Å²) in [6, 6.07) is 3.87. The van der Waals surface area contributed by atoms with E-state index in [9.17, 15) is 9.59 Å². The first-order valence-corrected chi connectivity index (χ1v) is 6.52. The topological polar surface area (TPSA) is 57.6 Å². The molecule has 18 heavy (non-hydrogen) atoms. The van der Waals surface area contributed by atoms with Crippen molar-refractivity contribution in [2.45, 2.75) is 20.3 Å². The molecule has 1 aromatic rings. The van der Waals surface area contributed by atoms with Gasteiger partial charge >= 0.3 is 5.97 Å². The van der Waals surface area contributed by atoms with E-state index < -0.39 is 11.9 Å². The molecule has 0 bridgehead atoms. The molecule has 5 heteroatoms. The van der Waals surface area contributed by atoms with Gasteiger partial charge in [-0.15, -0.1) is 0 Å². The second-order valence-corrected chi connectivity index (χ2v) is 5.47. The number of carboxylic acid groups (broad SMARTS) is 1. The first-order valence-electron chi connectivity index (χ1n) is 5.72. The highest BCUT2D eigenvalue weighted by atomic mass is 79.9. The molecule has 0 spiro atoms. The molecule has 0 saturated carbocycles. The molecular weight excluding hydrogens is 298 g/mol. The largest absolute Gasteiger partial charge is 0.481 e. The molecule has 1 unspecified atom stereocenters. The van der Waals surface area contributed by atoms with Crippen LogP contribution in [-0.2, 0) is 9.59 Å². The van der Waals surface area contributed by atoms with Gasteiger partial charge in [-0.25, -0.2) is 0 Å². The van der Waals surface area contributed by atoms with Crippen molar-refractivity contribution in [3.8, 4) is 0 Å². The first-order chi connectivity index (χ1) is 8.41. The summed E-state index contributed by atoms with van der Waals surface area (Å²) in [6.45, 7) is 4.32. The molecule has 1 aromatic carbocycles. The van der Waals surface area contributed by atoms with E-state index in [1.807, 2.05) is 26.0 Å². The number of amides is 1. The smallest absolute Gasteiger partial charge is 0.316 e. The van der Waals surface area contributed by atoms with Gasteiger partial charge in [0, 0.05) is 16.7 Å². The highest BCUT2D eigenvalue weighted by Gasteiger charge is 2.38. The summed E-state index contributed by atoms with van der Waals surface area (Å²) in [5.74, 6) is -2.24. The maximum atomic E-state index is 12.1. The number of aliphatic carboxylic acids is 1. The molecule has 4 nitrogen and oxygen atoms in total. The number of anilines is 1. The van der Waals surface area contributed by atoms with Crippen molar-refractivity contribution < 1.29 is 14.7 Å². The van der Waals surface area contributed by atoms with Crippen molar-refractivity contribution in [2.24, 2.45) is 5.92 Å². The molecule has 1 N–H and O–H groups in total. The lowest BCUT2D eigenvalue weighted by molar-refractivity contribution is -0.144. The summed E-state index contributed by atoms with van der Waals surface area (Å²) in [7, 11) is 0. The van der Waals surface area contributed by atoms with Crippen LogP contribution < -0.4 is 4.90 Å². The summed E-state index contributed by atoms with van der Waals surface area (Å²) >= 11 is 3.41. The van der Waals surface area contributed by atoms with Crippen molar-refractivity contribution in [1.29, 1.82) is 0 Å². The lowest BCUT2D eigenvalue weighted by atomic mass is 10.1. The SMILES string of the molecule is Cc1cc(Br)cc(C)c1N1CCC(C(=O)O)C1=O. The van der Waals surface area contributed by atoms with E-state index in [1.54, 1.807) is 4.90 Å². The van der Waals surface area contributed by atoms with Crippen molar-refractivity contribution in [3.63, 3.8) is 0 Å². The van der Waals surface area contributed by atoms with E-state index in [-0.39, 0.29) is 5.91 Å². The molecule has 1 fully saturated rings. The van der Waals surface area contributed by atoms with E-state index in [1.165, 1.54) is 0 Å². The summed E-state index contributed by atoms with van der Waals surface area (Å²) in [5.41, 5.74) is 2.79. The van der Waals surface area contributed by atoms with Crippen LogP contribution >= 0.6 is 15.9 Å². The lowest BCUT2D eigenvalue weighted by Gasteiger charge is -2.21. The Morgan fingerprint density at radius 2 is 1.94 bits per heavy atom. The van der Waals surface area contributed by atoms with Crippen LogP contribution in [0.2, 0.25) is 0 Å². The zero-order chi connectivity index (χ0) is 13.4. The lowest BCUT2D eigenvalue weighted by Crippen LogP contribution is -2.31. The van der Waals surface area contributed by atoms with E-state index in [4.69, 9.17) is 5.11 Å². The van der Waals surface area contributed by atoms with Gasteiger partial charge in [-0.1, -0.05) is 15.9 Å². The van der Waals surface area contributed by atoms with Gasteiger partial charge in [0.15, 0.2) is 0 Å². The maximum absolute atomic E-state index is 12.1. The fourth-order valence-corrected chi connectivity index (χ4v) is 3.15. The summed E-state index contributed by atoms with van der Waals surface area (Å²) < 4.78 is 0.961. The Balaban J connectivity index is 2.40. The quantitative estimate of drug-likeness (QED) is 0.854. The van der Waals surface area contributed by atoms with Gasteiger partial charge in [0.05, 0.1) is 0 Å². The van der Waals surface area contributed by atoms with Crippen LogP contribution in [0.25, 0.3) is 0 Å². The Labute approximate surface area is 114 Å². The molecule has 1 saturated heterocycles. The van der Waals surface area contributed by atoms with Crippen LogP contribution in [0.3, 0.4) is 0 Å². The third kappa shape index (κ3) is 2.14. The van der Waals surface area contributed by atoms with Gasteiger partial charge in [0.1, 0.15) is 5.92 Å². The minimum Gasteiger partial charge on any atom is -0.481 e. The van der Waals surface area contributed by atoms with Gasteiger partial charge < -0.3 is 10.0 Å². The number of aryl methyl sites for hydroxylation is 2. The fraction of sp³-hybridized carbons (Fsp3) is 0.385. The highest BCUT2D eigenvalue weighted by molar-refractivity contribution is 9.10. The number of halogens is 1. The van der Waals surface area contributed by atoms with Crippen molar-refractivity contribution >= 4 is 33.5 Å². The average Bonchev–Trinajstić information content (AvgIpc) is 2.59. The third-order valence-corrected chi connectivity index (χ3v) is 3.69. The molecule has 1 amide bonds. The van der Waals surface area contributed by atoms with Gasteiger partial charge in [-0.05, 0) is 43.5 Å². The van der Waals surface area contributed by atoms with Gasteiger partial charge in [0.25, 0.3) is 0 Å². The predicted molar refractivity (Wildman–Crippen MR) is 71.7 cm³/mol. The Kier molecular flexibility index (Phi) is 3.43. The fourth-order valence-electron chi connectivity index (χ4n) is 2.46. The molecule has 0 aliphatic carbocycles. The standard InChI is InChI=1S/C13H14BrNO3/c1-7-5-9(14)6-8(2)11(7)15-4-3-10(12(15)16)13(17)18/h5-6,10H,3-4H2,1-2H3,(H,17,18). The number of carbonyl (C=O) groups is 2. The molecule has 1 atom stereocenters. The minimum absolute atomic E-state index is 0.309. The normalized spacial score (nSPS) is 19.4. The second-order valence-electron chi connectivity index (χ2n) is 4.56. The average molecular weight is 312 g/mol. The van der Waals surface area contributed by atoms with E-state index in [0.29, 0.717) is 13.0 Å². The number of carboxylic acids is 1. The summed E-state index contributed by atoms with van der Waals surface area (Å²) in [6.07, 6.45) is 0.378. The van der Waals surface area contributed by atoms with Gasteiger partial charge in [0.2, 0.25) is 5.91 Å². The van der Waals surface area contributed by atoms with E-state index in [0.717, 1.165) is 21.3 Å². The molecule has 0 radical (unpaired) electrons. The summed E-state index contributed by atoms with van der Waals surface area (Å²) in [4.78, 5) is 24.6. The van der Waals surface area contributed by atoms with Crippen molar-refractivity contribution in [1.82, 2.24) is 0 Å². The van der Waals surface area contributed by atoms with Crippen LogP contribution in [0.1, 0.15) is 17.5 Å². The van der Waals surface area contributed by atoms with Crippen LogP contribution in [0, 0.1) is 19.8 Å². The van der Waals surface area contributed by atoms with Crippen molar-refractivity contribution in [3.05, 3.63) is 27.7 Å². The Morgan fingerprint density at radius 1 is 1.39 bits per heavy atom. The van der Waals surface area contributed by atoms with Crippen LogP contribution in [0.4, 0.5) is 5.69 Å². The Hall–Kier alpha value is -1.36. The molecular formula is C13H14BrNO3. The van der Waals surface area contributed by atoms with Gasteiger partial charge in [-0.3, -0.25) is 9.59 Å². The number of carbonyl (C=O) groups excluding carboxylic acids is 1. The number of nitrogens with zero attached hydrogens (tertiary/aromatic N) is 1. The Morgan fingerprint density at radius 3 is 2.39 bits per heavy atom. The number of rotatable bonds is 2. The Bertz CT molecular complexity index is 504. The minimum atomic E-state index is -1.03. The molecule has 0 aromatic heterocycles. The summed E-state index contributed by atoms with van der Waals surface area (Å²) in [5, 5.41) is 8.98. The molecule has 2 rings (SSSR count). The molecule has 1 aliphatic rings. The second kappa shape index (κ2) is 4.72. The van der Waals surface area contributed by atoms with Crippen LogP contribution in [-0.4, -0.2) is 23.5 Å². The molecule has 1 aliphatic heterocycles. The maximum Gasteiger partial charge on any atom is 0.316 e. The number of hydrogen-bond acceptors (Lipinski definition) is 2. The zero-order valence-corrected chi connectivity index (χ0v) is 11.8. The zero-order valence-electron chi connectivity index (χ0n) is 10.2. The molecule has 96 valence electrons. The van der Waals surface area contributed by atoms with Crippen LogP contribution in [0.5, 0.6) is 0 Å². The predicted octanol–water partition coefficient (Wildman–Crippen LogP) is 2.50. The third-order valence-electron chi connectivity index (χ3n) is 3.23. The van der Waals surface area contributed by atoms with Crippen LogP contribution in [0.15, 0.2) is 16.6 Å². The van der Waals surface area contributed by atoms with E-state index >= 15 is 0 Å². The van der Waals surface area contributed by atoms with Crippen molar-refractivity contribution in [2.75, 3.05) is 11.4 Å². The number of benzene rings is 1. The highest BCUT2D eigenvalue weighted by Crippen LogP contribution is 2.33. The number of hydrogen-bond donors (Lipinski definition) is 1. The first kappa shape index (κ1) is 13.1.